The number of rotatable bonds is 6. The van der Waals surface area contributed by atoms with Gasteiger partial charge in [0.15, 0.2) is 5.69 Å². The number of aliphatic hydroxyl groups excluding tert-OH is 1. The van der Waals surface area contributed by atoms with Crippen LogP contribution in [0.3, 0.4) is 0 Å². The number of anilines is 1. The minimum absolute atomic E-state index is 0.115. The third-order valence-electron chi connectivity index (χ3n) is 2.19. The van der Waals surface area contributed by atoms with Gasteiger partial charge in [-0.05, 0) is 32.4 Å². The number of hydrogen-bond donors (Lipinski definition) is 3. The molecule has 1 atom stereocenters. The second-order valence-corrected chi connectivity index (χ2v) is 3.72. The smallest absolute Gasteiger partial charge is 0.271 e. The molecule has 0 radical (unpaired) electrons. The zero-order chi connectivity index (χ0) is 12.7. The van der Waals surface area contributed by atoms with E-state index in [1.807, 2.05) is 13.8 Å². The molecule has 94 valence electrons. The minimum Gasteiger partial charge on any atom is -0.396 e. The van der Waals surface area contributed by atoms with E-state index in [-0.39, 0.29) is 18.6 Å². The van der Waals surface area contributed by atoms with Gasteiger partial charge in [-0.15, -0.1) is 10.2 Å². The zero-order valence-electron chi connectivity index (χ0n) is 10.1. The average Bonchev–Trinajstić information content (AvgIpc) is 2.30. The van der Waals surface area contributed by atoms with Crippen LogP contribution in [0.25, 0.3) is 0 Å². The van der Waals surface area contributed by atoms with Crippen molar-refractivity contribution in [3.8, 4) is 0 Å². The summed E-state index contributed by atoms with van der Waals surface area (Å²) in [5, 5.41) is 22.2. The molecule has 0 aromatic carbocycles. The second kappa shape index (κ2) is 6.80. The predicted molar refractivity (Wildman–Crippen MR) is 64.8 cm³/mol. The number of carbonyl (C=O) groups excluding carboxylic acids is 1. The summed E-state index contributed by atoms with van der Waals surface area (Å²) in [6.07, 6.45) is 0.639. The molecule has 1 aromatic heterocycles. The van der Waals surface area contributed by atoms with Crippen molar-refractivity contribution in [2.75, 3.05) is 18.5 Å². The molecule has 1 unspecified atom stereocenters. The molecule has 6 nitrogen and oxygen atoms in total. The van der Waals surface area contributed by atoms with Gasteiger partial charge < -0.3 is 15.7 Å². The highest BCUT2D eigenvalue weighted by Crippen LogP contribution is 2.05. The van der Waals surface area contributed by atoms with Crippen molar-refractivity contribution in [1.82, 2.24) is 15.5 Å². The third kappa shape index (κ3) is 4.36. The summed E-state index contributed by atoms with van der Waals surface area (Å²) in [6.45, 7) is 4.47. The lowest BCUT2D eigenvalue weighted by molar-refractivity contribution is 0.0950. The number of carbonyl (C=O) groups is 1. The maximum atomic E-state index is 11.4. The average molecular weight is 238 g/mol. The van der Waals surface area contributed by atoms with Gasteiger partial charge in [0, 0.05) is 19.2 Å². The number of nitrogens with one attached hydrogen (secondary N) is 2. The van der Waals surface area contributed by atoms with E-state index in [4.69, 9.17) is 5.11 Å². The number of amides is 1. The fourth-order valence-electron chi connectivity index (χ4n) is 1.30. The van der Waals surface area contributed by atoms with Gasteiger partial charge in [0.1, 0.15) is 5.82 Å². The zero-order valence-corrected chi connectivity index (χ0v) is 10.1. The maximum Gasteiger partial charge on any atom is 0.271 e. The Morgan fingerprint density at radius 2 is 2.24 bits per heavy atom. The van der Waals surface area contributed by atoms with Gasteiger partial charge in [0.2, 0.25) is 0 Å². The second-order valence-electron chi connectivity index (χ2n) is 3.72. The topological polar surface area (TPSA) is 87.1 Å². The Hall–Kier alpha value is -1.69. The number of hydrogen-bond acceptors (Lipinski definition) is 5. The highest BCUT2D eigenvalue weighted by Gasteiger charge is 2.07. The number of aromatic nitrogens is 2. The lowest BCUT2D eigenvalue weighted by Crippen LogP contribution is -2.24. The molecule has 0 aliphatic heterocycles. The molecule has 1 rings (SSSR count). The molecule has 3 N–H and O–H groups in total. The third-order valence-corrected chi connectivity index (χ3v) is 2.19. The van der Waals surface area contributed by atoms with Crippen molar-refractivity contribution >= 4 is 11.7 Å². The molecular weight excluding hydrogens is 220 g/mol. The molecule has 0 aliphatic carbocycles. The van der Waals surface area contributed by atoms with E-state index in [1.54, 1.807) is 12.1 Å². The lowest BCUT2D eigenvalue weighted by Gasteiger charge is -2.12. The summed E-state index contributed by atoms with van der Waals surface area (Å²) in [7, 11) is 0. The van der Waals surface area contributed by atoms with Crippen LogP contribution in [0, 0.1) is 0 Å². The SMILES string of the molecule is CCNC(=O)c1ccc(NC(C)CCO)nn1. The summed E-state index contributed by atoms with van der Waals surface area (Å²) in [5.74, 6) is 0.369. The fraction of sp³-hybridized carbons (Fsp3) is 0.545. The van der Waals surface area contributed by atoms with E-state index in [1.165, 1.54) is 0 Å². The molecule has 0 fully saturated rings. The van der Waals surface area contributed by atoms with Gasteiger partial charge >= 0.3 is 0 Å². The molecule has 0 bridgehead atoms. The van der Waals surface area contributed by atoms with Crippen LogP contribution in [0.4, 0.5) is 5.82 Å². The van der Waals surface area contributed by atoms with E-state index < -0.39 is 0 Å². The lowest BCUT2D eigenvalue weighted by atomic mass is 10.2. The van der Waals surface area contributed by atoms with E-state index in [0.29, 0.717) is 24.5 Å². The largest absolute Gasteiger partial charge is 0.396 e. The Morgan fingerprint density at radius 3 is 2.76 bits per heavy atom. The van der Waals surface area contributed by atoms with Gasteiger partial charge in [0.25, 0.3) is 5.91 Å². The van der Waals surface area contributed by atoms with E-state index in [0.717, 1.165) is 0 Å². The quantitative estimate of drug-likeness (QED) is 0.668. The normalized spacial score (nSPS) is 11.9. The molecular formula is C11H18N4O2. The summed E-state index contributed by atoms with van der Waals surface area (Å²) in [5.41, 5.74) is 0.298. The summed E-state index contributed by atoms with van der Waals surface area (Å²) < 4.78 is 0. The van der Waals surface area contributed by atoms with Crippen molar-refractivity contribution in [3.05, 3.63) is 17.8 Å². The highest BCUT2D eigenvalue weighted by atomic mass is 16.3. The molecule has 6 heteroatoms. The van der Waals surface area contributed by atoms with E-state index in [9.17, 15) is 4.79 Å². The standard InChI is InChI=1S/C11H18N4O2/c1-3-12-11(17)9-4-5-10(15-14-9)13-8(2)6-7-16/h4-5,8,16H,3,6-7H2,1-2H3,(H,12,17)(H,13,15). The Labute approximate surface area is 100 Å². The van der Waals surface area contributed by atoms with Gasteiger partial charge in [-0.2, -0.15) is 0 Å². The molecule has 0 saturated heterocycles. The van der Waals surface area contributed by atoms with Gasteiger partial charge in [0.05, 0.1) is 0 Å². The molecule has 1 heterocycles. The Bertz CT molecular complexity index is 353. The molecule has 0 spiro atoms. The van der Waals surface area contributed by atoms with Crippen LogP contribution in [0.15, 0.2) is 12.1 Å². The molecule has 17 heavy (non-hydrogen) atoms. The molecule has 1 amide bonds. The van der Waals surface area contributed by atoms with Crippen LogP contribution in [-0.4, -0.2) is 40.4 Å². The first-order chi connectivity index (χ1) is 8.17. The van der Waals surface area contributed by atoms with Crippen LogP contribution in [0.1, 0.15) is 30.8 Å². The van der Waals surface area contributed by atoms with Crippen LogP contribution in [0.5, 0.6) is 0 Å². The van der Waals surface area contributed by atoms with Crippen molar-refractivity contribution in [2.45, 2.75) is 26.3 Å². The van der Waals surface area contributed by atoms with Gasteiger partial charge in [-0.3, -0.25) is 4.79 Å². The summed E-state index contributed by atoms with van der Waals surface area (Å²) in [6, 6.07) is 3.43. The van der Waals surface area contributed by atoms with Crippen molar-refractivity contribution in [1.29, 1.82) is 0 Å². The first-order valence-electron chi connectivity index (χ1n) is 5.66. The number of aliphatic hydroxyl groups is 1. The Kier molecular flexibility index (Phi) is 5.35. The van der Waals surface area contributed by atoms with Crippen molar-refractivity contribution in [2.24, 2.45) is 0 Å². The monoisotopic (exact) mass is 238 g/mol. The molecule has 0 aliphatic rings. The first-order valence-corrected chi connectivity index (χ1v) is 5.66. The van der Waals surface area contributed by atoms with E-state index in [2.05, 4.69) is 20.8 Å². The number of nitrogens with zero attached hydrogens (tertiary/aromatic N) is 2. The van der Waals surface area contributed by atoms with Crippen LogP contribution >= 0.6 is 0 Å². The highest BCUT2D eigenvalue weighted by molar-refractivity contribution is 5.92. The maximum absolute atomic E-state index is 11.4. The van der Waals surface area contributed by atoms with Crippen molar-refractivity contribution < 1.29 is 9.90 Å². The van der Waals surface area contributed by atoms with Crippen molar-refractivity contribution in [3.63, 3.8) is 0 Å². The van der Waals surface area contributed by atoms with Gasteiger partial charge in [-0.25, -0.2) is 0 Å². The first kappa shape index (κ1) is 13.4. The Balaban J connectivity index is 2.58. The molecule has 1 aromatic rings. The van der Waals surface area contributed by atoms with Crippen LogP contribution in [0.2, 0.25) is 0 Å². The Morgan fingerprint density at radius 1 is 1.47 bits per heavy atom. The van der Waals surface area contributed by atoms with E-state index >= 15 is 0 Å². The van der Waals surface area contributed by atoms with Gasteiger partial charge in [-0.1, -0.05) is 0 Å². The van der Waals surface area contributed by atoms with Crippen LogP contribution in [-0.2, 0) is 0 Å². The minimum atomic E-state index is -0.227. The van der Waals surface area contributed by atoms with Crippen LogP contribution < -0.4 is 10.6 Å². The fourth-order valence-corrected chi connectivity index (χ4v) is 1.30. The summed E-state index contributed by atoms with van der Waals surface area (Å²) in [4.78, 5) is 11.4. The molecule has 0 saturated carbocycles. The summed E-state index contributed by atoms with van der Waals surface area (Å²) >= 11 is 0. The predicted octanol–water partition coefficient (Wildman–Crippen LogP) is 0.409.